The van der Waals surface area contributed by atoms with Crippen molar-refractivity contribution in [3.05, 3.63) is 97.2 Å². The standard InChI is InChI=1S/C74H129NO10/c1-4-7-10-13-16-19-22-24-26-28-30-32-33-34-35-36-38-40-42-44-47-50-53-56-59-62-69(79)85-72-71(81)70(80)68(63-76)84-74(72)83-64-65(66(77)60-57-54-51-48-45-21-18-15-12-9-6-3)75-73(82)67(78)61-58-55-52-49-46-43-41-39-37-31-29-27-25-23-20-17-14-11-8-5-2/h8,11,16-17,19-20,24-27,31,37,41,43,57,60,65-68,70-72,74,76-78,80-81H,4-7,9-10,12-15,18,21-23,28-30,32-36,38-40,42,44-56,58-59,61-64H2,1-3H3,(H,75,82)/b11-8-,19-16-,20-17-,26-24-,27-25-,37-31-,43-41-,60-57+. The van der Waals surface area contributed by atoms with E-state index in [9.17, 15) is 35.1 Å². The third-order valence-corrected chi connectivity index (χ3v) is 16.0. The van der Waals surface area contributed by atoms with Gasteiger partial charge in [0.15, 0.2) is 12.4 Å². The van der Waals surface area contributed by atoms with Crippen molar-refractivity contribution in [2.75, 3.05) is 13.2 Å². The van der Waals surface area contributed by atoms with Gasteiger partial charge in [0.25, 0.3) is 0 Å². The molecule has 1 aliphatic heterocycles. The molecule has 11 heteroatoms. The van der Waals surface area contributed by atoms with Crippen LogP contribution in [0.4, 0.5) is 0 Å². The Kier molecular flexibility index (Phi) is 57.0. The van der Waals surface area contributed by atoms with Crippen LogP contribution < -0.4 is 5.32 Å². The van der Waals surface area contributed by atoms with Crippen LogP contribution in [0.15, 0.2) is 97.2 Å². The molecule has 1 rings (SSSR count). The van der Waals surface area contributed by atoms with Crippen LogP contribution in [0, 0.1) is 0 Å². The average molecular weight is 1190 g/mol. The molecule has 0 bridgehead atoms. The van der Waals surface area contributed by atoms with Crippen LogP contribution in [0.3, 0.4) is 0 Å². The van der Waals surface area contributed by atoms with Crippen LogP contribution in [-0.4, -0.2) is 99.6 Å². The van der Waals surface area contributed by atoms with Gasteiger partial charge >= 0.3 is 5.97 Å². The van der Waals surface area contributed by atoms with Gasteiger partial charge in [-0.2, -0.15) is 0 Å². The van der Waals surface area contributed by atoms with E-state index in [4.69, 9.17) is 14.2 Å². The quantitative estimate of drug-likeness (QED) is 0.0195. The van der Waals surface area contributed by atoms with Crippen molar-refractivity contribution in [3.63, 3.8) is 0 Å². The number of nitrogens with one attached hydrogen (secondary N) is 1. The molecule has 0 aromatic carbocycles. The Morgan fingerprint density at radius 1 is 0.471 bits per heavy atom. The zero-order valence-electron chi connectivity index (χ0n) is 54.5. The number of aliphatic hydroxyl groups excluding tert-OH is 5. The summed E-state index contributed by atoms with van der Waals surface area (Å²) in [5.41, 5.74) is 0. The smallest absolute Gasteiger partial charge is 0.306 e. The molecule has 490 valence electrons. The molecule has 0 saturated carbocycles. The van der Waals surface area contributed by atoms with Crippen LogP contribution in [-0.2, 0) is 23.8 Å². The van der Waals surface area contributed by atoms with E-state index in [0.717, 1.165) is 109 Å². The van der Waals surface area contributed by atoms with Crippen molar-refractivity contribution >= 4 is 11.9 Å². The number of unbranched alkanes of at least 4 members (excludes halogenated alkanes) is 31. The van der Waals surface area contributed by atoms with Gasteiger partial charge in [-0.05, 0) is 103 Å². The van der Waals surface area contributed by atoms with Gasteiger partial charge in [-0.1, -0.05) is 285 Å². The highest BCUT2D eigenvalue weighted by Gasteiger charge is 2.47. The Hall–Kier alpha value is -3.42. The van der Waals surface area contributed by atoms with Crippen LogP contribution in [0.5, 0.6) is 0 Å². The van der Waals surface area contributed by atoms with Crippen LogP contribution in [0.25, 0.3) is 0 Å². The highest BCUT2D eigenvalue weighted by Crippen LogP contribution is 2.26. The van der Waals surface area contributed by atoms with Gasteiger partial charge in [0.2, 0.25) is 5.91 Å². The fourth-order valence-electron chi connectivity index (χ4n) is 10.5. The van der Waals surface area contributed by atoms with Crippen molar-refractivity contribution in [1.82, 2.24) is 5.32 Å². The Balaban J connectivity index is 2.57. The molecular weight excluding hydrogens is 1060 g/mol. The molecule has 1 heterocycles. The fourth-order valence-corrected chi connectivity index (χ4v) is 10.5. The first-order valence-electron chi connectivity index (χ1n) is 35.0. The number of carbonyl (C=O) groups excluding carboxylic acids is 2. The summed E-state index contributed by atoms with van der Waals surface area (Å²) in [5, 5.41) is 57.2. The van der Waals surface area contributed by atoms with E-state index in [1.807, 2.05) is 6.08 Å². The molecule has 11 nitrogen and oxygen atoms in total. The normalized spacial score (nSPS) is 19.0. The van der Waals surface area contributed by atoms with E-state index in [1.54, 1.807) is 6.08 Å². The third-order valence-electron chi connectivity index (χ3n) is 16.0. The van der Waals surface area contributed by atoms with Crippen molar-refractivity contribution < 1.29 is 49.3 Å². The monoisotopic (exact) mass is 1190 g/mol. The summed E-state index contributed by atoms with van der Waals surface area (Å²) in [5.74, 6) is -1.21. The molecule has 1 fully saturated rings. The number of rotatable bonds is 59. The second-order valence-electron chi connectivity index (χ2n) is 23.9. The average Bonchev–Trinajstić information content (AvgIpc) is 3.60. The first-order chi connectivity index (χ1) is 41.7. The van der Waals surface area contributed by atoms with Gasteiger partial charge in [0, 0.05) is 6.42 Å². The number of amides is 1. The van der Waals surface area contributed by atoms with Crippen molar-refractivity contribution in [3.8, 4) is 0 Å². The van der Waals surface area contributed by atoms with E-state index >= 15 is 0 Å². The van der Waals surface area contributed by atoms with Crippen LogP contribution in [0.2, 0.25) is 0 Å². The lowest BCUT2D eigenvalue weighted by Gasteiger charge is -2.41. The lowest BCUT2D eigenvalue weighted by atomic mass is 9.99. The maximum Gasteiger partial charge on any atom is 0.306 e. The summed E-state index contributed by atoms with van der Waals surface area (Å²) < 4.78 is 17.7. The molecule has 0 aromatic rings. The van der Waals surface area contributed by atoms with Gasteiger partial charge in [-0.3, -0.25) is 9.59 Å². The SMILES string of the molecule is CC/C=C\C/C=C\C/C=C\C/C=C\C/C=C\CCCCCCC(O)C(=O)NC(COC1OC(CO)C(O)C(O)C1OC(=O)CCCCCCCCCCCCCCCCC/C=C\C/C=C\CCCCC)C(O)/C=C/CCCCCCCCCCC. The van der Waals surface area contributed by atoms with E-state index in [0.29, 0.717) is 12.8 Å². The minimum absolute atomic E-state index is 0.118. The lowest BCUT2D eigenvalue weighted by molar-refractivity contribution is -0.305. The third kappa shape index (κ3) is 48.2. The van der Waals surface area contributed by atoms with E-state index in [1.165, 1.54) is 141 Å². The predicted molar refractivity (Wildman–Crippen MR) is 356 cm³/mol. The van der Waals surface area contributed by atoms with Crippen molar-refractivity contribution in [1.29, 1.82) is 0 Å². The Morgan fingerprint density at radius 3 is 1.29 bits per heavy atom. The molecule has 6 N–H and O–H groups in total. The summed E-state index contributed by atoms with van der Waals surface area (Å²) in [6.07, 6.45) is 71.6. The van der Waals surface area contributed by atoms with Crippen molar-refractivity contribution in [2.45, 2.75) is 346 Å². The van der Waals surface area contributed by atoms with Gasteiger partial charge in [-0.25, -0.2) is 0 Å². The maximum absolute atomic E-state index is 13.5. The van der Waals surface area contributed by atoms with Gasteiger partial charge < -0.3 is 45.1 Å². The predicted octanol–water partition coefficient (Wildman–Crippen LogP) is 17.8. The molecule has 0 aliphatic carbocycles. The zero-order valence-corrected chi connectivity index (χ0v) is 54.5. The molecule has 0 radical (unpaired) electrons. The number of ether oxygens (including phenoxy) is 3. The molecule has 1 amide bonds. The summed E-state index contributed by atoms with van der Waals surface area (Å²) in [6.45, 7) is 5.65. The van der Waals surface area contributed by atoms with Crippen LogP contribution >= 0.6 is 0 Å². The van der Waals surface area contributed by atoms with Gasteiger partial charge in [0.1, 0.15) is 24.4 Å². The number of allylic oxidation sites excluding steroid dienone is 15. The Morgan fingerprint density at radius 2 is 0.847 bits per heavy atom. The van der Waals surface area contributed by atoms with E-state index in [2.05, 4.69) is 111 Å². The number of esters is 1. The molecule has 1 aliphatic rings. The number of hydrogen-bond donors (Lipinski definition) is 6. The summed E-state index contributed by atoms with van der Waals surface area (Å²) in [4.78, 5) is 26.7. The molecule has 0 aromatic heterocycles. The highest BCUT2D eigenvalue weighted by atomic mass is 16.7. The van der Waals surface area contributed by atoms with Crippen molar-refractivity contribution in [2.24, 2.45) is 0 Å². The first kappa shape index (κ1) is 79.6. The van der Waals surface area contributed by atoms with E-state index < -0.39 is 67.4 Å². The minimum atomic E-state index is -1.62. The first-order valence-corrected chi connectivity index (χ1v) is 35.0. The fraction of sp³-hybridized carbons (Fsp3) is 0.757. The highest BCUT2D eigenvalue weighted by molar-refractivity contribution is 5.80. The van der Waals surface area contributed by atoms with Gasteiger partial charge in [-0.15, -0.1) is 0 Å². The Bertz CT molecular complexity index is 1750. The van der Waals surface area contributed by atoms with E-state index in [-0.39, 0.29) is 19.4 Å². The molecular formula is C74H129NO10. The molecule has 8 unspecified atom stereocenters. The summed E-state index contributed by atoms with van der Waals surface area (Å²) >= 11 is 0. The number of hydrogen-bond acceptors (Lipinski definition) is 10. The molecule has 85 heavy (non-hydrogen) atoms. The Labute approximate surface area is 520 Å². The summed E-state index contributed by atoms with van der Waals surface area (Å²) in [6, 6.07) is -1.04. The zero-order chi connectivity index (χ0) is 61.7. The topological polar surface area (TPSA) is 175 Å². The molecule has 8 atom stereocenters. The molecule has 0 spiro atoms. The second kappa shape index (κ2) is 60.8. The van der Waals surface area contributed by atoms with Gasteiger partial charge in [0.05, 0.1) is 25.4 Å². The largest absolute Gasteiger partial charge is 0.454 e. The number of carbonyl (C=O) groups is 2. The molecule has 1 saturated heterocycles. The second-order valence-corrected chi connectivity index (χ2v) is 23.9. The number of aliphatic hydroxyl groups is 5. The minimum Gasteiger partial charge on any atom is -0.454 e. The van der Waals surface area contributed by atoms with Crippen LogP contribution in [0.1, 0.15) is 297 Å². The maximum atomic E-state index is 13.5. The summed E-state index contributed by atoms with van der Waals surface area (Å²) in [7, 11) is 0. The lowest BCUT2D eigenvalue weighted by Crippen LogP contribution is -2.61.